The maximum Gasteiger partial charge on any atom is 0.134 e. The van der Waals surface area contributed by atoms with Crippen LogP contribution in [-0.2, 0) is 6.42 Å². The van der Waals surface area contributed by atoms with Gasteiger partial charge < -0.3 is 5.11 Å². The van der Waals surface area contributed by atoms with E-state index in [0.29, 0.717) is 11.1 Å². The fraction of sp³-hybridized carbons (Fsp3) is 0.667. The quantitative estimate of drug-likeness (QED) is 0.837. The number of hydrogen-bond acceptors (Lipinski definition) is 4. The van der Waals surface area contributed by atoms with E-state index < -0.39 is 0 Å². The van der Waals surface area contributed by atoms with Gasteiger partial charge in [0.1, 0.15) is 11.0 Å². The molecule has 2 rings (SSSR count). The zero-order chi connectivity index (χ0) is 12.3. The first-order chi connectivity index (χ1) is 8.22. The SMILES string of the molecule is CCc1cc(Cl)nc(C2CCCN(CO)C2)n1. The summed E-state index contributed by atoms with van der Waals surface area (Å²) in [5.41, 5.74) is 0.987. The molecule has 0 amide bonds. The number of rotatable bonds is 3. The van der Waals surface area contributed by atoms with E-state index in [-0.39, 0.29) is 6.73 Å². The maximum atomic E-state index is 9.17. The lowest BCUT2D eigenvalue weighted by molar-refractivity contribution is 0.0798. The molecule has 94 valence electrons. The van der Waals surface area contributed by atoms with E-state index in [2.05, 4.69) is 16.9 Å². The minimum Gasteiger partial charge on any atom is -0.381 e. The summed E-state index contributed by atoms with van der Waals surface area (Å²) >= 11 is 6.00. The summed E-state index contributed by atoms with van der Waals surface area (Å²) in [6.07, 6.45) is 3.01. The number of aryl methyl sites for hydroxylation is 1. The average molecular weight is 256 g/mol. The van der Waals surface area contributed by atoms with Crippen LogP contribution in [-0.4, -0.2) is 39.8 Å². The van der Waals surface area contributed by atoms with Gasteiger partial charge in [0.15, 0.2) is 0 Å². The third kappa shape index (κ3) is 3.15. The smallest absolute Gasteiger partial charge is 0.134 e. The highest BCUT2D eigenvalue weighted by Crippen LogP contribution is 2.25. The maximum absolute atomic E-state index is 9.17. The summed E-state index contributed by atoms with van der Waals surface area (Å²) in [7, 11) is 0. The zero-order valence-electron chi connectivity index (χ0n) is 10.1. The monoisotopic (exact) mass is 255 g/mol. The largest absolute Gasteiger partial charge is 0.381 e. The Balaban J connectivity index is 2.18. The van der Waals surface area contributed by atoms with Gasteiger partial charge in [0.2, 0.25) is 0 Å². The molecule has 0 aromatic carbocycles. The van der Waals surface area contributed by atoms with Crippen molar-refractivity contribution in [3.05, 3.63) is 22.7 Å². The van der Waals surface area contributed by atoms with Gasteiger partial charge in [-0.15, -0.1) is 0 Å². The zero-order valence-corrected chi connectivity index (χ0v) is 10.8. The number of hydrogen-bond donors (Lipinski definition) is 1. The first-order valence-corrected chi connectivity index (χ1v) is 6.47. The highest BCUT2D eigenvalue weighted by molar-refractivity contribution is 6.29. The number of likely N-dealkylation sites (tertiary alicyclic amines) is 1. The minimum absolute atomic E-state index is 0.109. The molecule has 1 aromatic rings. The summed E-state index contributed by atoms with van der Waals surface area (Å²) in [5, 5.41) is 9.69. The van der Waals surface area contributed by atoms with Crippen LogP contribution < -0.4 is 0 Å². The Hall–Kier alpha value is -0.710. The first-order valence-electron chi connectivity index (χ1n) is 6.09. The van der Waals surface area contributed by atoms with Gasteiger partial charge in [-0.1, -0.05) is 18.5 Å². The van der Waals surface area contributed by atoms with Gasteiger partial charge in [-0.2, -0.15) is 0 Å². The van der Waals surface area contributed by atoms with Gasteiger partial charge in [-0.25, -0.2) is 9.97 Å². The van der Waals surface area contributed by atoms with Gasteiger partial charge in [0, 0.05) is 24.7 Å². The van der Waals surface area contributed by atoms with Crippen molar-refractivity contribution < 1.29 is 5.11 Å². The number of aliphatic hydroxyl groups excluding tert-OH is 1. The van der Waals surface area contributed by atoms with Crippen LogP contribution in [0.5, 0.6) is 0 Å². The van der Waals surface area contributed by atoms with Crippen LogP contribution in [0.1, 0.15) is 37.2 Å². The van der Waals surface area contributed by atoms with Crippen molar-refractivity contribution in [2.24, 2.45) is 0 Å². The standard InChI is InChI=1S/C12H18ClN3O/c1-2-10-6-11(13)15-12(14-10)9-4-3-5-16(7-9)8-17/h6,9,17H,2-5,7-8H2,1H3. The van der Waals surface area contributed by atoms with Gasteiger partial charge in [-0.05, 0) is 25.3 Å². The molecule has 1 saturated heterocycles. The number of halogens is 1. The van der Waals surface area contributed by atoms with Gasteiger partial charge in [0.25, 0.3) is 0 Å². The van der Waals surface area contributed by atoms with Crippen molar-refractivity contribution in [1.29, 1.82) is 0 Å². The Kier molecular flexibility index (Phi) is 4.31. The third-order valence-electron chi connectivity index (χ3n) is 3.20. The molecule has 1 aromatic heterocycles. The number of aliphatic hydroxyl groups is 1. The minimum atomic E-state index is 0.109. The van der Waals surface area contributed by atoms with E-state index >= 15 is 0 Å². The van der Waals surface area contributed by atoms with Crippen LogP contribution in [0.2, 0.25) is 5.15 Å². The van der Waals surface area contributed by atoms with Crippen molar-refractivity contribution in [2.45, 2.75) is 32.1 Å². The van der Waals surface area contributed by atoms with Crippen LogP contribution in [0, 0.1) is 0 Å². The molecule has 0 saturated carbocycles. The van der Waals surface area contributed by atoms with Crippen LogP contribution in [0.4, 0.5) is 0 Å². The normalized spacial score (nSPS) is 21.7. The molecule has 1 N–H and O–H groups in total. The molecule has 17 heavy (non-hydrogen) atoms. The summed E-state index contributed by atoms with van der Waals surface area (Å²) in [6.45, 7) is 3.94. The van der Waals surface area contributed by atoms with Crippen LogP contribution in [0.25, 0.3) is 0 Å². The molecule has 0 radical (unpaired) electrons. The molecule has 1 aliphatic heterocycles. The molecule has 5 heteroatoms. The molecular formula is C12H18ClN3O. The van der Waals surface area contributed by atoms with E-state index in [1.165, 1.54) is 0 Å². The molecule has 2 heterocycles. The molecule has 0 spiro atoms. The Labute approximate surface area is 107 Å². The second-order valence-electron chi connectivity index (χ2n) is 4.45. The fourth-order valence-electron chi connectivity index (χ4n) is 2.24. The topological polar surface area (TPSA) is 49.2 Å². The molecule has 1 fully saturated rings. The summed E-state index contributed by atoms with van der Waals surface area (Å²) < 4.78 is 0. The van der Waals surface area contributed by atoms with Gasteiger partial charge in [-0.3, -0.25) is 4.90 Å². The summed E-state index contributed by atoms with van der Waals surface area (Å²) in [6, 6.07) is 1.82. The molecule has 4 nitrogen and oxygen atoms in total. The van der Waals surface area contributed by atoms with Crippen molar-refractivity contribution in [2.75, 3.05) is 19.8 Å². The average Bonchev–Trinajstić information content (AvgIpc) is 2.38. The molecular weight excluding hydrogens is 238 g/mol. The Bertz CT molecular complexity index is 386. The van der Waals surface area contributed by atoms with Crippen LogP contribution >= 0.6 is 11.6 Å². The lowest BCUT2D eigenvalue weighted by Gasteiger charge is -2.30. The number of nitrogens with zero attached hydrogens (tertiary/aromatic N) is 3. The van der Waals surface area contributed by atoms with Crippen molar-refractivity contribution >= 4 is 11.6 Å². The Morgan fingerprint density at radius 2 is 2.35 bits per heavy atom. The fourth-order valence-corrected chi connectivity index (χ4v) is 2.45. The van der Waals surface area contributed by atoms with Crippen LogP contribution in [0.15, 0.2) is 6.07 Å². The third-order valence-corrected chi connectivity index (χ3v) is 3.39. The van der Waals surface area contributed by atoms with Gasteiger partial charge >= 0.3 is 0 Å². The van der Waals surface area contributed by atoms with E-state index in [1.54, 1.807) is 0 Å². The highest BCUT2D eigenvalue weighted by atomic mass is 35.5. The second kappa shape index (κ2) is 5.76. The predicted molar refractivity (Wildman–Crippen MR) is 67.1 cm³/mol. The van der Waals surface area contributed by atoms with E-state index in [9.17, 15) is 5.11 Å². The second-order valence-corrected chi connectivity index (χ2v) is 4.84. The van der Waals surface area contributed by atoms with Crippen LogP contribution in [0.3, 0.4) is 0 Å². The molecule has 1 aliphatic rings. The van der Waals surface area contributed by atoms with Crippen molar-refractivity contribution in [3.8, 4) is 0 Å². The lowest BCUT2D eigenvalue weighted by Crippen LogP contribution is -2.35. The molecule has 1 unspecified atom stereocenters. The molecule has 0 bridgehead atoms. The van der Waals surface area contributed by atoms with Crippen molar-refractivity contribution in [3.63, 3.8) is 0 Å². The van der Waals surface area contributed by atoms with E-state index in [0.717, 1.165) is 43.9 Å². The Morgan fingerprint density at radius 3 is 3.06 bits per heavy atom. The lowest BCUT2D eigenvalue weighted by atomic mass is 9.97. The van der Waals surface area contributed by atoms with Crippen molar-refractivity contribution in [1.82, 2.24) is 14.9 Å². The molecule has 1 atom stereocenters. The highest BCUT2D eigenvalue weighted by Gasteiger charge is 2.23. The summed E-state index contributed by atoms with van der Waals surface area (Å²) in [4.78, 5) is 10.9. The Morgan fingerprint density at radius 1 is 1.53 bits per heavy atom. The number of piperidine rings is 1. The van der Waals surface area contributed by atoms with E-state index in [4.69, 9.17) is 11.6 Å². The predicted octanol–water partition coefficient (Wildman–Crippen LogP) is 1.82. The first kappa shape index (κ1) is 12.7. The number of aromatic nitrogens is 2. The molecule has 0 aliphatic carbocycles. The van der Waals surface area contributed by atoms with Gasteiger partial charge in [0.05, 0.1) is 6.73 Å². The summed E-state index contributed by atoms with van der Waals surface area (Å²) in [5.74, 6) is 1.12. The van der Waals surface area contributed by atoms with E-state index in [1.807, 2.05) is 11.0 Å².